The lowest BCUT2D eigenvalue weighted by molar-refractivity contribution is -0.152. The number of hydrogen-bond donors (Lipinski definition) is 3. The van der Waals surface area contributed by atoms with E-state index < -0.39 is 11.6 Å². The van der Waals surface area contributed by atoms with E-state index in [0.717, 1.165) is 24.0 Å². The first-order valence-electron chi connectivity index (χ1n) is 9.63. The van der Waals surface area contributed by atoms with Gasteiger partial charge in [-0.05, 0) is 56.9 Å². The predicted octanol–water partition coefficient (Wildman–Crippen LogP) is 4.14. The number of aliphatic carboxylic acids is 1. The number of carbonyl (C=O) groups is 1. The maximum atomic E-state index is 11.1. The highest BCUT2D eigenvalue weighted by Gasteiger charge is 2.29. The molecule has 6 nitrogen and oxygen atoms in total. The number of carboxylic acid groups (broad SMARTS) is 1. The summed E-state index contributed by atoms with van der Waals surface area (Å²) in [4.78, 5) is 15.3. The molecule has 0 aromatic heterocycles. The zero-order valence-electron chi connectivity index (χ0n) is 17.2. The van der Waals surface area contributed by atoms with Gasteiger partial charge >= 0.3 is 5.97 Å². The molecule has 2 aromatic carbocycles. The Morgan fingerprint density at radius 2 is 1.69 bits per heavy atom. The van der Waals surface area contributed by atoms with Gasteiger partial charge in [0.05, 0.1) is 0 Å². The molecule has 0 aliphatic carbocycles. The van der Waals surface area contributed by atoms with Crippen LogP contribution >= 0.6 is 0 Å². The van der Waals surface area contributed by atoms with Gasteiger partial charge in [0, 0.05) is 12.8 Å². The average Bonchev–Trinajstić information content (AvgIpc) is 2.64. The zero-order chi connectivity index (χ0) is 21.4. The summed E-state index contributed by atoms with van der Waals surface area (Å²) in [6.45, 7) is 5.06. The van der Waals surface area contributed by atoms with E-state index in [2.05, 4.69) is 4.99 Å². The van der Waals surface area contributed by atoms with Crippen molar-refractivity contribution < 1.29 is 14.6 Å². The number of aliphatic imine (C=N–C) groups is 1. The van der Waals surface area contributed by atoms with Gasteiger partial charge in [-0.15, -0.1) is 0 Å². The molecule has 29 heavy (non-hydrogen) atoms. The van der Waals surface area contributed by atoms with Gasteiger partial charge in [0.1, 0.15) is 17.4 Å². The minimum Gasteiger partial charge on any atom is -0.478 e. The summed E-state index contributed by atoms with van der Waals surface area (Å²) in [6.07, 6.45) is 2.70. The molecule has 0 aliphatic heterocycles. The Kier molecular flexibility index (Phi) is 7.53. The third kappa shape index (κ3) is 7.41. The number of nitrogens with two attached hydrogens (primary N) is 1. The number of rotatable bonds is 9. The third-order valence-electron chi connectivity index (χ3n) is 4.48. The van der Waals surface area contributed by atoms with Crippen molar-refractivity contribution in [2.24, 2.45) is 10.7 Å². The number of ether oxygens (including phenoxy) is 1. The molecule has 0 radical (unpaired) electrons. The van der Waals surface area contributed by atoms with Gasteiger partial charge in [0.25, 0.3) is 0 Å². The number of nitrogens with one attached hydrogen (secondary N) is 1. The van der Waals surface area contributed by atoms with Crippen molar-refractivity contribution in [3.8, 4) is 5.75 Å². The first-order valence-corrected chi connectivity index (χ1v) is 9.63. The van der Waals surface area contributed by atoms with Crippen LogP contribution in [0.15, 0.2) is 53.5 Å². The Hall–Kier alpha value is -3.15. The molecule has 2 aromatic rings. The summed E-state index contributed by atoms with van der Waals surface area (Å²) in [5.41, 5.74) is 8.04. The summed E-state index contributed by atoms with van der Waals surface area (Å²) in [7, 11) is 0. The minimum absolute atomic E-state index is 0.258. The lowest BCUT2D eigenvalue weighted by Gasteiger charge is -2.21. The fraction of sp³-hybridized carbons (Fsp3) is 0.348. The number of amidine groups is 2. The number of benzene rings is 2. The monoisotopic (exact) mass is 395 g/mol. The lowest BCUT2D eigenvalue weighted by Crippen LogP contribution is -2.37. The molecule has 0 heterocycles. The van der Waals surface area contributed by atoms with Crippen LogP contribution in [0.1, 0.15) is 43.4 Å². The van der Waals surface area contributed by atoms with Gasteiger partial charge in [-0.2, -0.15) is 0 Å². The molecule has 0 aliphatic rings. The minimum atomic E-state index is -1.27. The van der Waals surface area contributed by atoms with Gasteiger partial charge in [0.2, 0.25) is 0 Å². The van der Waals surface area contributed by atoms with Crippen LogP contribution in [-0.4, -0.2) is 28.3 Å². The van der Waals surface area contributed by atoms with E-state index >= 15 is 0 Å². The van der Waals surface area contributed by atoms with Crippen LogP contribution in [0.2, 0.25) is 0 Å². The van der Waals surface area contributed by atoms with Gasteiger partial charge in [-0.25, -0.2) is 9.79 Å². The maximum absolute atomic E-state index is 11.1. The van der Waals surface area contributed by atoms with Gasteiger partial charge in [-0.3, -0.25) is 5.41 Å². The highest BCUT2D eigenvalue weighted by Crippen LogP contribution is 2.20. The van der Waals surface area contributed by atoms with Gasteiger partial charge < -0.3 is 15.6 Å². The fourth-order valence-electron chi connectivity index (χ4n) is 2.70. The second-order valence-electron chi connectivity index (χ2n) is 7.63. The van der Waals surface area contributed by atoms with E-state index in [-0.39, 0.29) is 5.84 Å². The first kappa shape index (κ1) is 22.1. The molecule has 0 saturated heterocycles. The largest absolute Gasteiger partial charge is 0.478 e. The van der Waals surface area contributed by atoms with Crippen molar-refractivity contribution >= 4 is 17.6 Å². The molecule has 0 saturated carbocycles. The zero-order valence-corrected chi connectivity index (χ0v) is 17.2. The number of hydrogen-bond acceptors (Lipinski definition) is 3. The van der Waals surface area contributed by atoms with Crippen LogP contribution in [0.4, 0.5) is 0 Å². The molecule has 0 fully saturated rings. The van der Waals surface area contributed by atoms with Crippen molar-refractivity contribution in [3.63, 3.8) is 0 Å². The van der Waals surface area contributed by atoms with E-state index in [1.807, 2.05) is 43.3 Å². The predicted molar refractivity (Wildman–Crippen MR) is 116 cm³/mol. The standard InChI is InChI=1S/C23H29N3O3/c1-16-7-9-18(10-8-16)15-21(25)26-20(24)6-4-5-17-11-13-19(14-12-17)29-23(2,3)22(27)28/h7-14H,4-6,15H2,1-3H3,(H,27,28)(H3,24,25,26). The Labute approximate surface area is 171 Å². The number of nitrogens with zero attached hydrogens (tertiary/aromatic N) is 1. The number of aryl methyl sites for hydroxylation is 2. The molecule has 0 atom stereocenters. The molecule has 154 valence electrons. The van der Waals surface area contributed by atoms with Crippen molar-refractivity contribution in [1.82, 2.24) is 0 Å². The van der Waals surface area contributed by atoms with E-state index in [9.17, 15) is 4.79 Å². The van der Waals surface area contributed by atoms with Crippen molar-refractivity contribution in [1.29, 1.82) is 5.41 Å². The van der Waals surface area contributed by atoms with Crippen LogP contribution in [-0.2, 0) is 17.6 Å². The molecule has 2 rings (SSSR count). The van der Waals surface area contributed by atoms with E-state index in [1.165, 1.54) is 19.4 Å². The quantitative estimate of drug-likeness (QED) is 0.438. The molecule has 0 amide bonds. The summed E-state index contributed by atoms with van der Waals surface area (Å²) in [5.74, 6) is 0.232. The van der Waals surface area contributed by atoms with Crippen molar-refractivity contribution in [2.45, 2.75) is 52.1 Å². The second-order valence-corrected chi connectivity index (χ2v) is 7.63. The Morgan fingerprint density at radius 3 is 2.28 bits per heavy atom. The molecule has 6 heteroatoms. The molecular formula is C23H29N3O3. The second kappa shape index (κ2) is 9.87. The average molecular weight is 396 g/mol. The summed E-state index contributed by atoms with van der Waals surface area (Å²) in [5, 5.41) is 17.1. The third-order valence-corrected chi connectivity index (χ3v) is 4.48. The summed E-state index contributed by atoms with van der Waals surface area (Å²) in [6, 6.07) is 15.4. The lowest BCUT2D eigenvalue weighted by atomic mass is 10.1. The maximum Gasteiger partial charge on any atom is 0.347 e. The smallest absolute Gasteiger partial charge is 0.347 e. The summed E-state index contributed by atoms with van der Waals surface area (Å²) >= 11 is 0. The summed E-state index contributed by atoms with van der Waals surface area (Å²) < 4.78 is 5.50. The first-order chi connectivity index (χ1) is 13.7. The van der Waals surface area contributed by atoms with Crippen LogP contribution in [0.5, 0.6) is 5.75 Å². The highest BCUT2D eigenvalue weighted by molar-refractivity contribution is 5.95. The Morgan fingerprint density at radius 1 is 1.10 bits per heavy atom. The van der Waals surface area contributed by atoms with Gasteiger partial charge in [-0.1, -0.05) is 42.0 Å². The highest BCUT2D eigenvalue weighted by atomic mass is 16.5. The molecular weight excluding hydrogens is 366 g/mol. The molecule has 0 bridgehead atoms. The SMILES string of the molecule is Cc1ccc(CC(=N)N=C(N)CCCc2ccc(OC(C)(C)C(=O)O)cc2)cc1. The van der Waals surface area contributed by atoms with E-state index in [0.29, 0.717) is 24.4 Å². The Bertz CT molecular complexity index is 869. The van der Waals surface area contributed by atoms with Crippen LogP contribution in [0.25, 0.3) is 0 Å². The van der Waals surface area contributed by atoms with E-state index in [4.69, 9.17) is 21.0 Å². The van der Waals surface area contributed by atoms with Crippen molar-refractivity contribution in [3.05, 3.63) is 65.2 Å². The molecule has 0 spiro atoms. The fourth-order valence-corrected chi connectivity index (χ4v) is 2.70. The van der Waals surface area contributed by atoms with Crippen LogP contribution < -0.4 is 10.5 Å². The Balaban J connectivity index is 1.79. The van der Waals surface area contributed by atoms with Crippen molar-refractivity contribution in [2.75, 3.05) is 0 Å². The van der Waals surface area contributed by atoms with Crippen LogP contribution in [0.3, 0.4) is 0 Å². The number of carboxylic acids is 1. The van der Waals surface area contributed by atoms with Gasteiger partial charge in [0.15, 0.2) is 5.60 Å². The van der Waals surface area contributed by atoms with Crippen LogP contribution in [0, 0.1) is 12.3 Å². The normalized spacial score (nSPS) is 11.9. The molecule has 4 N–H and O–H groups in total. The topological polar surface area (TPSA) is 109 Å². The van der Waals surface area contributed by atoms with E-state index in [1.54, 1.807) is 12.1 Å². The molecule has 0 unspecified atom stereocenters.